The summed E-state index contributed by atoms with van der Waals surface area (Å²) in [4.78, 5) is 12.3. The zero-order valence-electron chi connectivity index (χ0n) is 12.2. The molecule has 0 aliphatic rings. The monoisotopic (exact) mass is 346 g/mol. The number of nitrogens with one attached hydrogen (secondary N) is 2. The summed E-state index contributed by atoms with van der Waals surface area (Å²) in [5.74, 6) is -0.0879. The van der Waals surface area contributed by atoms with Crippen LogP contribution in [0.3, 0.4) is 0 Å². The largest absolute Gasteiger partial charge is 0.385 e. The maximum absolute atomic E-state index is 12.3. The van der Waals surface area contributed by atoms with Gasteiger partial charge in [0, 0.05) is 28.0 Å². The van der Waals surface area contributed by atoms with Gasteiger partial charge < -0.3 is 10.6 Å². The Morgan fingerprint density at radius 2 is 1.81 bits per heavy atom. The minimum absolute atomic E-state index is 0.0879. The molecule has 3 nitrogen and oxygen atoms in total. The van der Waals surface area contributed by atoms with Crippen LogP contribution in [0.1, 0.15) is 29.8 Å². The summed E-state index contributed by atoms with van der Waals surface area (Å²) in [5, 5.41) is 6.19. The number of hydrogen-bond donors (Lipinski definition) is 2. The molecule has 21 heavy (non-hydrogen) atoms. The van der Waals surface area contributed by atoms with Crippen molar-refractivity contribution in [3.63, 3.8) is 0 Å². The highest BCUT2D eigenvalue weighted by molar-refractivity contribution is 9.10. The van der Waals surface area contributed by atoms with Gasteiger partial charge in [-0.1, -0.05) is 22.9 Å². The average molecular weight is 347 g/mol. The summed E-state index contributed by atoms with van der Waals surface area (Å²) < 4.78 is 1.02. The van der Waals surface area contributed by atoms with E-state index in [0.717, 1.165) is 34.4 Å². The van der Waals surface area contributed by atoms with E-state index in [2.05, 4.69) is 33.5 Å². The Balaban J connectivity index is 2.14. The Bertz CT molecular complexity index is 623. The quantitative estimate of drug-likeness (QED) is 0.823. The molecule has 0 spiro atoms. The molecule has 2 aromatic carbocycles. The van der Waals surface area contributed by atoms with Crippen molar-refractivity contribution in [3.8, 4) is 0 Å². The van der Waals surface area contributed by atoms with Crippen LogP contribution < -0.4 is 10.6 Å². The number of hydrogen-bond acceptors (Lipinski definition) is 2. The van der Waals surface area contributed by atoms with Crippen molar-refractivity contribution in [1.29, 1.82) is 0 Å². The molecule has 0 aliphatic heterocycles. The molecule has 0 saturated heterocycles. The lowest BCUT2D eigenvalue weighted by Crippen LogP contribution is -2.13. The SMILES string of the molecule is CCNc1ccc(C(=O)Nc2ccc(Br)cc2CC)cc1. The summed E-state index contributed by atoms with van der Waals surface area (Å²) in [5.41, 5.74) is 3.65. The number of aryl methyl sites for hydroxylation is 1. The van der Waals surface area contributed by atoms with Gasteiger partial charge in [0.2, 0.25) is 0 Å². The van der Waals surface area contributed by atoms with Crippen LogP contribution in [0.25, 0.3) is 0 Å². The van der Waals surface area contributed by atoms with Crippen molar-refractivity contribution in [2.45, 2.75) is 20.3 Å². The van der Waals surface area contributed by atoms with Crippen LogP contribution in [-0.2, 0) is 6.42 Å². The van der Waals surface area contributed by atoms with Crippen LogP contribution >= 0.6 is 15.9 Å². The highest BCUT2D eigenvalue weighted by atomic mass is 79.9. The first kappa shape index (κ1) is 15.6. The van der Waals surface area contributed by atoms with E-state index in [9.17, 15) is 4.79 Å². The predicted molar refractivity (Wildman–Crippen MR) is 92.1 cm³/mol. The molecule has 0 fully saturated rings. The lowest BCUT2D eigenvalue weighted by atomic mass is 10.1. The molecule has 0 bridgehead atoms. The van der Waals surface area contributed by atoms with Gasteiger partial charge in [0.1, 0.15) is 0 Å². The van der Waals surface area contributed by atoms with Crippen LogP contribution in [0.15, 0.2) is 46.9 Å². The molecule has 0 atom stereocenters. The number of anilines is 2. The summed E-state index contributed by atoms with van der Waals surface area (Å²) in [6.07, 6.45) is 0.869. The van der Waals surface area contributed by atoms with E-state index in [1.165, 1.54) is 0 Å². The summed E-state index contributed by atoms with van der Waals surface area (Å²) in [6, 6.07) is 13.4. The third kappa shape index (κ3) is 4.08. The van der Waals surface area contributed by atoms with Crippen molar-refractivity contribution in [2.24, 2.45) is 0 Å². The fraction of sp³-hybridized carbons (Fsp3) is 0.235. The molecular formula is C17H19BrN2O. The van der Waals surface area contributed by atoms with Crippen molar-refractivity contribution < 1.29 is 4.79 Å². The van der Waals surface area contributed by atoms with Gasteiger partial charge in [0.05, 0.1) is 0 Å². The van der Waals surface area contributed by atoms with E-state index in [1.807, 2.05) is 49.4 Å². The normalized spacial score (nSPS) is 10.2. The molecule has 2 aromatic rings. The van der Waals surface area contributed by atoms with E-state index in [0.29, 0.717) is 5.56 Å². The minimum Gasteiger partial charge on any atom is -0.385 e. The van der Waals surface area contributed by atoms with E-state index >= 15 is 0 Å². The number of carbonyl (C=O) groups is 1. The van der Waals surface area contributed by atoms with E-state index < -0.39 is 0 Å². The summed E-state index contributed by atoms with van der Waals surface area (Å²) in [6.45, 7) is 4.98. The lowest BCUT2D eigenvalue weighted by molar-refractivity contribution is 0.102. The fourth-order valence-corrected chi connectivity index (χ4v) is 2.52. The lowest BCUT2D eigenvalue weighted by Gasteiger charge is -2.11. The van der Waals surface area contributed by atoms with Crippen LogP contribution in [0.5, 0.6) is 0 Å². The first-order chi connectivity index (χ1) is 10.1. The zero-order chi connectivity index (χ0) is 15.2. The number of rotatable bonds is 5. The molecule has 1 amide bonds. The Labute approximate surface area is 133 Å². The maximum atomic E-state index is 12.3. The third-order valence-electron chi connectivity index (χ3n) is 3.22. The second kappa shape index (κ2) is 7.27. The molecular weight excluding hydrogens is 328 g/mol. The highest BCUT2D eigenvalue weighted by Crippen LogP contribution is 2.22. The first-order valence-corrected chi connectivity index (χ1v) is 7.87. The van der Waals surface area contributed by atoms with Gasteiger partial charge >= 0.3 is 0 Å². The second-order valence-electron chi connectivity index (χ2n) is 4.72. The molecule has 0 aromatic heterocycles. The van der Waals surface area contributed by atoms with Crippen molar-refractivity contribution in [1.82, 2.24) is 0 Å². The van der Waals surface area contributed by atoms with E-state index in [1.54, 1.807) is 0 Å². The van der Waals surface area contributed by atoms with Crippen LogP contribution in [0.2, 0.25) is 0 Å². The van der Waals surface area contributed by atoms with Gasteiger partial charge in [-0.3, -0.25) is 4.79 Å². The molecule has 4 heteroatoms. The predicted octanol–water partition coefficient (Wildman–Crippen LogP) is 4.70. The maximum Gasteiger partial charge on any atom is 0.255 e. The minimum atomic E-state index is -0.0879. The molecule has 0 heterocycles. The topological polar surface area (TPSA) is 41.1 Å². The highest BCUT2D eigenvalue weighted by Gasteiger charge is 2.09. The van der Waals surface area contributed by atoms with Crippen LogP contribution in [0, 0.1) is 0 Å². The molecule has 0 aliphatic carbocycles. The van der Waals surface area contributed by atoms with Crippen molar-refractivity contribution in [3.05, 3.63) is 58.1 Å². The second-order valence-corrected chi connectivity index (χ2v) is 5.63. The van der Waals surface area contributed by atoms with Crippen LogP contribution in [-0.4, -0.2) is 12.5 Å². The molecule has 110 valence electrons. The van der Waals surface area contributed by atoms with Crippen molar-refractivity contribution in [2.75, 3.05) is 17.2 Å². The Morgan fingerprint density at radius 1 is 1.10 bits per heavy atom. The summed E-state index contributed by atoms with van der Waals surface area (Å²) in [7, 11) is 0. The molecule has 0 radical (unpaired) electrons. The molecule has 2 rings (SSSR count). The van der Waals surface area contributed by atoms with Crippen LogP contribution in [0.4, 0.5) is 11.4 Å². The van der Waals surface area contributed by atoms with Crippen molar-refractivity contribution >= 4 is 33.2 Å². The van der Waals surface area contributed by atoms with E-state index in [4.69, 9.17) is 0 Å². The number of halogens is 1. The smallest absolute Gasteiger partial charge is 0.255 e. The number of benzene rings is 2. The molecule has 2 N–H and O–H groups in total. The van der Waals surface area contributed by atoms with Gasteiger partial charge in [0.15, 0.2) is 0 Å². The Morgan fingerprint density at radius 3 is 2.43 bits per heavy atom. The zero-order valence-corrected chi connectivity index (χ0v) is 13.8. The first-order valence-electron chi connectivity index (χ1n) is 7.07. The Kier molecular flexibility index (Phi) is 5.39. The van der Waals surface area contributed by atoms with Gasteiger partial charge in [-0.25, -0.2) is 0 Å². The number of amides is 1. The van der Waals surface area contributed by atoms with Gasteiger partial charge in [-0.15, -0.1) is 0 Å². The fourth-order valence-electron chi connectivity index (χ4n) is 2.11. The molecule has 0 unspecified atom stereocenters. The van der Waals surface area contributed by atoms with Gasteiger partial charge in [-0.05, 0) is 61.4 Å². The standard InChI is InChI=1S/C17H19BrN2O/c1-3-12-11-14(18)7-10-16(12)20-17(21)13-5-8-15(9-6-13)19-4-2/h5-11,19H,3-4H2,1-2H3,(H,20,21). The van der Waals surface area contributed by atoms with E-state index in [-0.39, 0.29) is 5.91 Å². The number of carbonyl (C=O) groups excluding carboxylic acids is 1. The summed E-state index contributed by atoms with van der Waals surface area (Å²) >= 11 is 3.45. The molecule has 0 saturated carbocycles. The van der Waals surface area contributed by atoms with Gasteiger partial charge in [-0.2, -0.15) is 0 Å². The average Bonchev–Trinajstić information content (AvgIpc) is 2.50. The van der Waals surface area contributed by atoms with Gasteiger partial charge in [0.25, 0.3) is 5.91 Å². The Hall–Kier alpha value is -1.81. The third-order valence-corrected chi connectivity index (χ3v) is 3.72.